The van der Waals surface area contributed by atoms with Crippen LogP contribution in [0.5, 0.6) is 0 Å². The molecule has 1 unspecified atom stereocenters. The lowest BCUT2D eigenvalue weighted by molar-refractivity contribution is -0.136. The lowest BCUT2D eigenvalue weighted by Gasteiger charge is -1.96. The third kappa shape index (κ3) is 5.73. The Balaban J connectivity index is 0. The van der Waals surface area contributed by atoms with E-state index >= 15 is 0 Å². The van der Waals surface area contributed by atoms with Gasteiger partial charge in [-0.1, -0.05) is 6.08 Å². The van der Waals surface area contributed by atoms with E-state index in [0.29, 0.717) is 6.42 Å². The number of allylic oxidation sites excluding steroid dienone is 1. The molecule has 0 rings (SSSR count). The van der Waals surface area contributed by atoms with Gasteiger partial charge < -0.3 is 5.11 Å². The van der Waals surface area contributed by atoms with Crippen LogP contribution in [0.3, 0.4) is 0 Å². The van der Waals surface area contributed by atoms with Crippen LogP contribution < -0.4 is 0 Å². The molecule has 0 aromatic rings. The summed E-state index contributed by atoms with van der Waals surface area (Å²) < 4.78 is 0. The Hall–Kier alpha value is -0.150. The topological polar surface area (TPSA) is 37.3 Å². The summed E-state index contributed by atoms with van der Waals surface area (Å²) in [4.78, 5) is 9.97. The molecule has 0 fully saturated rings. The van der Waals surface area contributed by atoms with Crippen LogP contribution in [0.1, 0.15) is 6.42 Å². The van der Waals surface area contributed by atoms with E-state index in [1.807, 2.05) is 0 Å². The van der Waals surface area contributed by atoms with Crippen molar-refractivity contribution in [2.45, 2.75) is 11.7 Å². The molecule has 0 aliphatic rings. The zero-order valence-corrected chi connectivity index (χ0v) is 6.49. The first-order valence-corrected chi connectivity index (χ1v) is 2.72. The van der Waals surface area contributed by atoms with Gasteiger partial charge in [-0.2, -0.15) is 12.6 Å². The average molecular weight is 169 g/mol. The van der Waals surface area contributed by atoms with Crippen LogP contribution in [0.25, 0.3) is 0 Å². The second kappa shape index (κ2) is 5.98. The number of aliphatic carboxylic acids is 1. The van der Waals surface area contributed by atoms with Gasteiger partial charge in [0.2, 0.25) is 0 Å². The van der Waals surface area contributed by atoms with Gasteiger partial charge in [0, 0.05) is 0 Å². The van der Waals surface area contributed by atoms with Gasteiger partial charge in [0.15, 0.2) is 0 Å². The fourth-order valence-electron chi connectivity index (χ4n) is 0.259. The molecule has 1 N–H and O–H groups in total. The van der Waals surface area contributed by atoms with Gasteiger partial charge >= 0.3 is 5.97 Å². The highest BCUT2D eigenvalue weighted by Crippen LogP contribution is 2.00. The summed E-state index contributed by atoms with van der Waals surface area (Å²) in [5, 5.41) is 7.60. The predicted molar refractivity (Wildman–Crippen MR) is 42.5 cm³/mol. The second-order valence-corrected chi connectivity index (χ2v) is 2.00. The maximum absolute atomic E-state index is 9.97. The van der Waals surface area contributed by atoms with E-state index in [-0.39, 0.29) is 12.4 Å². The molecule has 0 bridgehead atoms. The second-order valence-electron chi connectivity index (χ2n) is 1.38. The number of thiol groups is 1. The highest BCUT2D eigenvalue weighted by molar-refractivity contribution is 7.81. The Bertz CT molecular complexity index is 105. The zero-order valence-electron chi connectivity index (χ0n) is 4.78. The summed E-state index contributed by atoms with van der Waals surface area (Å²) in [5.74, 6) is -0.895. The monoisotopic (exact) mass is 168 g/mol. The van der Waals surface area contributed by atoms with Crippen LogP contribution in [0.2, 0.25) is 0 Å². The van der Waals surface area contributed by atoms with Crippen LogP contribution in [0, 0.1) is 0 Å². The number of carboxylic acid groups (broad SMARTS) is 1. The Kier molecular flexibility index (Phi) is 7.72. The molecular formula is C5H9ClO2S. The molecule has 4 heteroatoms. The molecule has 0 heterocycles. The van der Waals surface area contributed by atoms with Gasteiger partial charge in [-0.15, -0.1) is 19.0 Å². The number of rotatable bonds is 3. The molecule has 0 amide bonds. The molecule has 0 aromatic heterocycles. The highest BCUT2D eigenvalue weighted by Gasteiger charge is 2.07. The quantitative estimate of drug-likeness (QED) is 0.494. The van der Waals surface area contributed by atoms with Crippen molar-refractivity contribution in [1.82, 2.24) is 0 Å². The van der Waals surface area contributed by atoms with Gasteiger partial charge in [-0.05, 0) is 6.42 Å². The van der Waals surface area contributed by atoms with Crippen molar-refractivity contribution in [3.63, 3.8) is 0 Å². The van der Waals surface area contributed by atoms with E-state index in [2.05, 4.69) is 19.2 Å². The van der Waals surface area contributed by atoms with E-state index in [1.165, 1.54) is 6.08 Å². The van der Waals surface area contributed by atoms with Crippen molar-refractivity contribution in [3.8, 4) is 0 Å². The maximum atomic E-state index is 9.97. The van der Waals surface area contributed by atoms with Crippen LogP contribution in [0.4, 0.5) is 0 Å². The van der Waals surface area contributed by atoms with Crippen molar-refractivity contribution in [1.29, 1.82) is 0 Å². The Morgan fingerprint density at radius 3 is 2.44 bits per heavy atom. The van der Waals surface area contributed by atoms with E-state index < -0.39 is 11.2 Å². The smallest absolute Gasteiger partial charge is 0.316 e. The summed E-state index contributed by atoms with van der Waals surface area (Å²) in [7, 11) is 0. The van der Waals surface area contributed by atoms with Gasteiger partial charge in [-0.25, -0.2) is 0 Å². The number of carboxylic acids is 1. The van der Waals surface area contributed by atoms with Gasteiger partial charge in [-0.3, -0.25) is 4.79 Å². The lowest BCUT2D eigenvalue weighted by Crippen LogP contribution is -2.11. The molecule has 0 aliphatic carbocycles. The summed E-state index contributed by atoms with van der Waals surface area (Å²) >= 11 is 3.73. The number of halogens is 1. The van der Waals surface area contributed by atoms with Gasteiger partial charge in [0.05, 0.1) is 0 Å². The predicted octanol–water partition coefficient (Wildman–Crippen LogP) is 1.37. The molecular weight excluding hydrogens is 160 g/mol. The molecule has 0 radical (unpaired) electrons. The standard InChI is InChI=1S/C5H8O2S.ClH/c1-2-3-4(8)5(6)7;/h2,4,8H,1,3H2,(H,6,7);1H. The van der Waals surface area contributed by atoms with E-state index in [0.717, 1.165) is 0 Å². The third-order valence-corrected chi connectivity index (χ3v) is 1.11. The molecule has 54 valence electrons. The third-order valence-electron chi connectivity index (χ3n) is 0.675. The van der Waals surface area contributed by atoms with Crippen molar-refractivity contribution in [3.05, 3.63) is 12.7 Å². The minimum absolute atomic E-state index is 0. The van der Waals surface area contributed by atoms with Crippen molar-refractivity contribution in [2.24, 2.45) is 0 Å². The fourth-order valence-corrected chi connectivity index (χ4v) is 0.408. The molecule has 0 aliphatic heterocycles. The number of hydrogen-bond acceptors (Lipinski definition) is 2. The fraction of sp³-hybridized carbons (Fsp3) is 0.400. The lowest BCUT2D eigenvalue weighted by atomic mass is 10.3. The SMILES string of the molecule is C=CCC(S)C(=O)O.Cl. The minimum atomic E-state index is -0.895. The summed E-state index contributed by atoms with van der Waals surface area (Å²) in [6.45, 7) is 3.37. The van der Waals surface area contributed by atoms with Crippen molar-refractivity contribution >= 4 is 31.0 Å². The van der Waals surface area contributed by atoms with Crippen molar-refractivity contribution in [2.75, 3.05) is 0 Å². The molecule has 2 nitrogen and oxygen atoms in total. The molecule has 0 spiro atoms. The van der Waals surface area contributed by atoms with Crippen LogP contribution >= 0.6 is 25.0 Å². The minimum Gasteiger partial charge on any atom is -0.480 e. The molecule has 0 saturated carbocycles. The summed E-state index contributed by atoms with van der Waals surface area (Å²) in [5.41, 5.74) is 0. The van der Waals surface area contributed by atoms with Gasteiger partial charge in [0.1, 0.15) is 5.25 Å². The largest absolute Gasteiger partial charge is 0.480 e. The normalized spacial score (nSPS) is 11.2. The van der Waals surface area contributed by atoms with E-state index in [1.54, 1.807) is 0 Å². The molecule has 1 atom stereocenters. The van der Waals surface area contributed by atoms with Gasteiger partial charge in [0.25, 0.3) is 0 Å². The molecule has 0 aromatic carbocycles. The van der Waals surface area contributed by atoms with E-state index in [4.69, 9.17) is 5.11 Å². The van der Waals surface area contributed by atoms with Crippen LogP contribution in [-0.2, 0) is 4.79 Å². The first-order valence-electron chi connectivity index (χ1n) is 2.20. The Morgan fingerprint density at radius 1 is 1.89 bits per heavy atom. The first-order chi connectivity index (χ1) is 3.68. The Morgan fingerprint density at radius 2 is 2.33 bits per heavy atom. The van der Waals surface area contributed by atoms with Crippen LogP contribution in [-0.4, -0.2) is 16.3 Å². The highest BCUT2D eigenvalue weighted by atomic mass is 35.5. The number of carbonyl (C=O) groups is 1. The Labute approximate surface area is 65.8 Å². The van der Waals surface area contributed by atoms with Crippen LogP contribution in [0.15, 0.2) is 12.7 Å². The summed E-state index contributed by atoms with van der Waals surface area (Å²) in [6.07, 6.45) is 1.95. The van der Waals surface area contributed by atoms with Crippen molar-refractivity contribution < 1.29 is 9.90 Å². The van der Waals surface area contributed by atoms with E-state index in [9.17, 15) is 4.79 Å². The molecule has 9 heavy (non-hydrogen) atoms. The first kappa shape index (κ1) is 11.6. The summed E-state index contributed by atoms with van der Waals surface area (Å²) in [6, 6.07) is 0. The zero-order chi connectivity index (χ0) is 6.57. The molecule has 0 saturated heterocycles. The maximum Gasteiger partial charge on any atom is 0.316 e. The number of hydrogen-bond donors (Lipinski definition) is 2. The average Bonchev–Trinajstić information content (AvgIpc) is 1.67.